The van der Waals surface area contributed by atoms with Crippen LogP contribution in [0.2, 0.25) is 0 Å². The van der Waals surface area contributed by atoms with Crippen LogP contribution in [0.15, 0.2) is 211 Å². The van der Waals surface area contributed by atoms with E-state index in [-0.39, 0.29) is 26.0 Å². The third kappa shape index (κ3) is 16.9. The van der Waals surface area contributed by atoms with Crippen molar-refractivity contribution in [1.82, 2.24) is 0 Å². The van der Waals surface area contributed by atoms with E-state index in [9.17, 15) is 55.9 Å². The molecule has 4 aliphatic heterocycles. The molecule has 530 valence electrons. The highest BCUT2D eigenvalue weighted by Gasteiger charge is 2.50. The fraction of sp³-hybridized carbons (Fsp3) is 0.342. The largest absolute Gasteiger partial charge is 0.744 e. The maximum Gasteiger partial charge on any atom is 0.501 e. The summed E-state index contributed by atoms with van der Waals surface area (Å²) in [6, 6.07) is 33.8. The topological polar surface area (TPSA) is 195 Å². The summed E-state index contributed by atoms with van der Waals surface area (Å²) in [5, 5.41) is 1.13. The molecule has 0 radical (unpaired) electrons. The molecule has 0 atom stereocenters. The van der Waals surface area contributed by atoms with Crippen LogP contribution < -0.4 is 9.80 Å². The number of allylic oxidation sites excluding steroid dienone is 12. The van der Waals surface area contributed by atoms with Gasteiger partial charge in [-0.05, 0) is 191 Å². The van der Waals surface area contributed by atoms with E-state index in [0.717, 1.165) is 71.3 Å². The second kappa shape index (κ2) is 29.8. The standard InChI is InChI=1S/C31H35ClF3N2O2S.C31H38ClN2O2S.2C7H8O3S/c1-8-36-25-14-10-20(3)18-23(25)29(4,5)27(36)16-11-21(32)12-17-28-30(6,7)24-19-22(40(38,39)31(33,34)35)13-15-26(24)37(28)9-2;1-9-33-26-15-11-21(3)19-24(26)30(4,5)28(33)17-12-22(32)13-18-29-31(6,7)25-20-23(37(8,35)36)14-16-27(25)34(29)10-2;2*1-6-2-4-7(5-3-6)11(8,9)10/h10-19H,8-9H2,1-7H3;11-20H,9-10H2,1-8H3;2*2-5H,1H3,(H,8,9,10)/q2*+1;;/p-2. The van der Waals surface area contributed by atoms with Crippen molar-refractivity contribution in [2.45, 2.75) is 158 Å². The minimum Gasteiger partial charge on any atom is -0.744 e. The first-order valence-electron chi connectivity index (χ1n) is 32.2. The minimum absolute atomic E-state index is 0.116. The SMILES string of the molecule is CCN1C(=CC=C(Cl)C=CC2=[N+](CC)c3ccc(S(=O)(=O)C(F)(F)F)cc3C2(C)C)C(C)(C)c2cc(C)ccc21.CCN1C(=CC=C(Cl)C=CC2=[N+](CC)c3ccc(S(C)(=O)=O)cc3C2(C)C)C(C)(C)c2cc(C)ccc21.Cc1ccc(S(=O)(=O)[O-])cc1.Cc1ccc(S(=O)(=O)[O-])cc1. The van der Waals surface area contributed by atoms with Crippen LogP contribution in [0.1, 0.15) is 128 Å². The van der Waals surface area contributed by atoms with Gasteiger partial charge in [0.15, 0.2) is 21.3 Å². The van der Waals surface area contributed by atoms with Gasteiger partial charge in [-0.25, -0.2) is 33.7 Å². The van der Waals surface area contributed by atoms with Crippen LogP contribution in [0.3, 0.4) is 0 Å². The van der Waals surface area contributed by atoms with E-state index < -0.39 is 55.7 Å². The zero-order valence-electron chi connectivity index (χ0n) is 58.9. The van der Waals surface area contributed by atoms with E-state index in [1.165, 1.54) is 75.9 Å². The Morgan fingerprint density at radius 1 is 0.465 bits per heavy atom. The number of aryl methyl sites for hydroxylation is 4. The Morgan fingerprint density at radius 2 is 0.788 bits per heavy atom. The second-order valence-corrected chi connectivity index (χ2v) is 34.4. The summed E-state index contributed by atoms with van der Waals surface area (Å²) in [6.45, 7) is 36.1. The van der Waals surface area contributed by atoms with Crippen molar-refractivity contribution < 1.29 is 65.1 Å². The van der Waals surface area contributed by atoms with Crippen molar-refractivity contribution in [2.24, 2.45) is 0 Å². The van der Waals surface area contributed by atoms with Gasteiger partial charge in [-0.2, -0.15) is 22.3 Å². The molecule has 0 fully saturated rings. The fourth-order valence-corrected chi connectivity index (χ4v) is 15.6. The van der Waals surface area contributed by atoms with Crippen LogP contribution in [0.5, 0.6) is 0 Å². The van der Waals surface area contributed by atoms with Crippen LogP contribution in [-0.4, -0.2) is 101 Å². The van der Waals surface area contributed by atoms with E-state index in [0.29, 0.717) is 32.8 Å². The lowest BCUT2D eigenvalue weighted by Gasteiger charge is -2.25. The van der Waals surface area contributed by atoms with Crippen LogP contribution in [0, 0.1) is 27.7 Å². The molecular weight excluding hydrogens is 1390 g/mol. The number of halogens is 5. The van der Waals surface area contributed by atoms with E-state index in [2.05, 4.69) is 139 Å². The van der Waals surface area contributed by atoms with Gasteiger partial charge in [0.05, 0.1) is 30.4 Å². The molecule has 4 heterocycles. The monoisotopic (exact) mass is 1470 g/mol. The molecule has 6 aromatic carbocycles. The molecule has 0 spiro atoms. The molecule has 0 aromatic heterocycles. The third-order valence-electron chi connectivity index (χ3n) is 18.4. The van der Waals surface area contributed by atoms with E-state index in [1.54, 1.807) is 36.4 Å². The lowest BCUT2D eigenvalue weighted by molar-refractivity contribution is -0.433. The molecule has 0 N–H and O–H groups in total. The lowest BCUT2D eigenvalue weighted by Crippen LogP contribution is -2.28. The molecule has 0 saturated carbocycles. The Labute approximate surface area is 594 Å². The van der Waals surface area contributed by atoms with Gasteiger partial charge in [0.25, 0.3) is 9.84 Å². The Hall–Kier alpha value is -7.21. The lowest BCUT2D eigenvalue weighted by atomic mass is 9.81. The average Bonchev–Trinajstić information content (AvgIpc) is 1.63. The highest BCUT2D eigenvalue weighted by molar-refractivity contribution is 7.92. The zero-order valence-corrected chi connectivity index (χ0v) is 63.7. The molecule has 6 aromatic rings. The number of anilines is 2. The molecule has 99 heavy (non-hydrogen) atoms. The van der Waals surface area contributed by atoms with Gasteiger partial charge in [-0.3, -0.25) is 0 Å². The van der Waals surface area contributed by atoms with E-state index in [1.807, 2.05) is 81.7 Å². The van der Waals surface area contributed by atoms with E-state index in [4.69, 9.17) is 23.2 Å². The average molecular weight is 1470 g/mol. The van der Waals surface area contributed by atoms with Gasteiger partial charge in [-0.15, -0.1) is 0 Å². The second-order valence-electron chi connectivity index (χ2n) is 26.8. The highest BCUT2D eigenvalue weighted by atomic mass is 35.5. The number of fused-ring (bicyclic) bond motifs is 4. The van der Waals surface area contributed by atoms with Gasteiger partial charge in [-0.1, -0.05) is 122 Å². The number of hydrogen-bond donors (Lipinski definition) is 0. The van der Waals surface area contributed by atoms with Gasteiger partial charge < -0.3 is 18.9 Å². The highest BCUT2D eigenvalue weighted by Crippen LogP contribution is 2.50. The predicted octanol–water partition coefficient (Wildman–Crippen LogP) is 17.0. The van der Waals surface area contributed by atoms with Gasteiger partial charge in [0.2, 0.25) is 11.4 Å². The van der Waals surface area contributed by atoms with Gasteiger partial charge in [0, 0.05) is 98.4 Å². The summed E-state index contributed by atoms with van der Waals surface area (Å²) in [4.78, 5) is 3.89. The number of likely N-dealkylation sites (N-methyl/N-ethyl adjacent to an activating group) is 2. The smallest absolute Gasteiger partial charge is 0.501 e. The molecule has 0 bridgehead atoms. The molecule has 10 rings (SSSR count). The number of hydrogen-bond acceptors (Lipinski definition) is 12. The molecular formula is C76H87Cl2F3N4O10S4. The molecule has 0 aliphatic carbocycles. The van der Waals surface area contributed by atoms with Gasteiger partial charge in [0.1, 0.15) is 33.3 Å². The zero-order chi connectivity index (χ0) is 74.1. The number of sulfone groups is 2. The van der Waals surface area contributed by atoms with E-state index >= 15 is 0 Å². The number of nitrogens with zero attached hydrogens (tertiary/aromatic N) is 4. The van der Waals surface area contributed by atoms with Crippen molar-refractivity contribution in [1.29, 1.82) is 0 Å². The summed E-state index contributed by atoms with van der Waals surface area (Å²) in [5.74, 6) is 0. The summed E-state index contributed by atoms with van der Waals surface area (Å²) >= 11 is 13.4. The number of benzene rings is 6. The molecule has 0 saturated heterocycles. The van der Waals surface area contributed by atoms with Crippen LogP contribution >= 0.6 is 23.2 Å². The molecule has 4 aliphatic rings. The summed E-state index contributed by atoms with van der Waals surface area (Å²) in [6.07, 6.45) is 16.9. The number of alkyl halides is 3. The Balaban J connectivity index is 0.000000213. The maximum atomic E-state index is 13.2. The summed E-state index contributed by atoms with van der Waals surface area (Å²) < 4.78 is 155. The number of rotatable bonds is 14. The van der Waals surface area contributed by atoms with Crippen LogP contribution in [0.4, 0.5) is 35.9 Å². The summed E-state index contributed by atoms with van der Waals surface area (Å²) in [5.41, 5.74) is 10.1. The Kier molecular flexibility index (Phi) is 23.8. The minimum atomic E-state index is -5.46. The quantitative estimate of drug-likeness (QED) is 0.0569. The summed E-state index contributed by atoms with van der Waals surface area (Å²) in [7, 11) is -17.3. The normalized spacial score (nSPS) is 17.9. The molecule has 14 nitrogen and oxygen atoms in total. The Bertz CT molecular complexity index is 4800. The maximum absolute atomic E-state index is 13.2. The van der Waals surface area contributed by atoms with Crippen molar-refractivity contribution in [2.75, 3.05) is 42.2 Å². The molecule has 0 unspecified atom stereocenters. The first-order valence-corrected chi connectivity index (χ1v) is 39.1. The fourth-order valence-electron chi connectivity index (χ4n) is 12.9. The van der Waals surface area contributed by atoms with Crippen molar-refractivity contribution in [3.63, 3.8) is 0 Å². The van der Waals surface area contributed by atoms with Crippen molar-refractivity contribution >= 4 is 97.3 Å². The first kappa shape index (κ1) is 79.1. The van der Waals surface area contributed by atoms with Crippen LogP contribution in [-0.2, 0) is 61.6 Å². The van der Waals surface area contributed by atoms with Crippen molar-refractivity contribution in [3.8, 4) is 0 Å². The first-order chi connectivity index (χ1) is 45.7. The predicted molar refractivity (Wildman–Crippen MR) is 391 cm³/mol. The molecule has 23 heteroatoms. The van der Waals surface area contributed by atoms with Gasteiger partial charge >= 0.3 is 5.51 Å². The molecule has 0 amide bonds. The van der Waals surface area contributed by atoms with Crippen molar-refractivity contribution in [3.05, 3.63) is 236 Å². The van der Waals surface area contributed by atoms with Crippen LogP contribution in [0.25, 0.3) is 0 Å². The Morgan fingerprint density at radius 3 is 1.10 bits per heavy atom. The third-order valence-corrected chi connectivity index (χ3v) is 23.1.